The van der Waals surface area contributed by atoms with E-state index >= 15 is 0 Å². The van der Waals surface area contributed by atoms with Gasteiger partial charge in [-0.3, -0.25) is 9.52 Å². The number of benzene rings is 2. The highest BCUT2D eigenvalue weighted by molar-refractivity contribution is 7.93. The monoisotopic (exact) mass is 452 g/mol. The molecular weight excluding hydrogens is 432 g/mol. The summed E-state index contributed by atoms with van der Waals surface area (Å²) < 4.78 is 29.9. The summed E-state index contributed by atoms with van der Waals surface area (Å²) in [4.78, 5) is 12.8. The van der Waals surface area contributed by atoms with Crippen LogP contribution in [0, 0.1) is 6.92 Å². The second-order valence-corrected chi connectivity index (χ2v) is 9.46. The Morgan fingerprint density at radius 1 is 1.06 bits per heavy atom. The number of aryl methyl sites for hydroxylation is 1. The molecule has 1 amide bonds. The normalized spacial score (nSPS) is 11.3. The quantitative estimate of drug-likeness (QED) is 0.444. The van der Waals surface area contributed by atoms with Crippen molar-refractivity contribution < 1.29 is 13.2 Å². The molecule has 2 aromatic heterocycles. The minimum Gasteiger partial charge on any atom is -0.347 e. The van der Waals surface area contributed by atoms with Crippen LogP contribution in [0.2, 0.25) is 0 Å². The number of carbonyl (C=O) groups is 1. The number of para-hydroxylation sites is 1. The van der Waals surface area contributed by atoms with E-state index in [1.807, 2.05) is 55.6 Å². The van der Waals surface area contributed by atoms with E-state index in [0.29, 0.717) is 5.69 Å². The average Bonchev–Trinajstić information content (AvgIpc) is 3.45. The molecule has 2 N–H and O–H groups in total. The highest BCUT2D eigenvalue weighted by Gasteiger charge is 2.24. The molecule has 31 heavy (non-hydrogen) atoms. The number of hydrogen-bond donors (Lipinski definition) is 2. The van der Waals surface area contributed by atoms with E-state index in [-0.39, 0.29) is 16.3 Å². The summed E-state index contributed by atoms with van der Waals surface area (Å²) in [6, 6.07) is 18.1. The maximum absolute atomic E-state index is 12.8. The predicted molar refractivity (Wildman–Crippen MR) is 121 cm³/mol. The Hall–Kier alpha value is -3.43. The molecule has 9 heteroatoms. The van der Waals surface area contributed by atoms with Gasteiger partial charge in [0.05, 0.1) is 11.9 Å². The van der Waals surface area contributed by atoms with Crippen molar-refractivity contribution in [2.24, 2.45) is 0 Å². The van der Waals surface area contributed by atoms with E-state index in [4.69, 9.17) is 0 Å². The van der Waals surface area contributed by atoms with E-state index in [1.165, 1.54) is 6.07 Å². The summed E-state index contributed by atoms with van der Waals surface area (Å²) in [5.74, 6) is -0.452. The first-order valence-corrected chi connectivity index (χ1v) is 11.8. The van der Waals surface area contributed by atoms with Gasteiger partial charge in [-0.05, 0) is 42.6 Å². The summed E-state index contributed by atoms with van der Waals surface area (Å²) in [6.07, 6.45) is 3.49. The summed E-state index contributed by atoms with van der Waals surface area (Å²) >= 11 is 1.08. The molecule has 2 heterocycles. The predicted octanol–water partition coefficient (Wildman–Crippen LogP) is 3.97. The van der Waals surface area contributed by atoms with Crippen molar-refractivity contribution in [3.05, 3.63) is 94.4 Å². The first-order chi connectivity index (χ1) is 14.9. The number of nitrogens with zero attached hydrogens (tertiary/aromatic N) is 2. The second kappa shape index (κ2) is 8.75. The minimum atomic E-state index is -3.89. The van der Waals surface area contributed by atoms with E-state index in [1.54, 1.807) is 28.4 Å². The fourth-order valence-corrected chi connectivity index (χ4v) is 5.35. The van der Waals surface area contributed by atoms with Crippen LogP contribution in [0.1, 0.15) is 20.8 Å². The van der Waals surface area contributed by atoms with Crippen molar-refractivity contribution in [2.75, 3.05) is 4.72 Å². The molecule has 0 aliphatic carbocycles. The largest absolute Gasteiger partial charge is 0.347 e. The Labute approximate surface area is 184 Å². The molecule has 2 aromatic carbocycles. The SMILES string of the molecule is Cc1ccc(NS(=O)(=O)c2ccsc2C(=O)NCc2cnn(-c3ccccc3)c2)cc1. The molecule has 7 nitrogen and oxygen atoms in total. The topological polar surface area (TPSA) is 93.1 Å². The van der Waals surface area contributed by atoms with Crippen molar-refractivity contribution >= 4 is 33.0 Å². The molecule has 4 rings (SSSR count). The lowest BCUT2D eigenvalue weighted by molar-refractivity contribution is 0.0952. The van der Waals surface area contributed by atoms with Crippen LogP contribution in [0.25, 0.3) is 5.69 Å². The summed E-state index contributed by atoms with van der Waals surface area (Å²) in [7, 11) is -3.89. The number of carbonyl (C=O) groups excluding carboxylic acids is 1. The van der Waals surface area contributed by atoms with Crippen molar-refractivity contribution in [1.82, 2.24) is 15.1 Å². The Morgan fingerprint density at radius 2 is 1.81 bits per heavy atom. The third kappa shape index (κ3) is 4.84. The van der Waals surface area contributed by atoms with Crippen LogP contribution in [0.15, 0.2) is 83.3 Å². The molecular formula is C22H20N4O3S2. The summed E-state index contributed by atoms with van der Waals surface area (Å²) in [5.41, 5.74) is 3.18. The molecule has 0 spiro atoms. The smallest absolute Gasteiger partial charge is 0.263 e. The second-order valence-electron chi connectivity index (χ2n) is 6.90. The number of rotatable bonds is 7. The summed E-state index contributed by atoms with van der Waals surface area (Å²) in [6.45, 7) is 2.15. The van der Waals surface area contributed by atoms with E-state index in [2.05, 4.69) is 15.1 Å². The van der Waals surface area contributed by atoms with Crippen LogP contribution in [-0.2, 0) is 16.6 Å². The zero-order chi connectivity index (χ0) is 21.8. The molecule has 0 bridgehead atoms. The summed E-state index contributed by atoms with van der Waals surface area (Å²) in [5, 5.41) is 8.66. The van der Waals surface area contributed by atoms with Crippen LogP contribution in [0.5, 0.6) is 0 Å². The Bertz CT molecular complexity index is 1290. The van der Waals surface area contributed by atoms with Gasteiger partial charge in [0.1, 0.15) is 9.77 Å². The molecule has 0 fully saturated rings. The van der Waals surface area contributed by atoms with Gasteiger partial charge in [-0.25, -0.2) is 13.1 Å². The van der Waals surface area contributed by atoms with E-state index in [0.717, 1.165) is 28.2 Å². The fourth-order valence-electron chi connectivity index (χ4n) is 2.94. The molecule has 0 saturated heterocycles. The first-order valence-electron chi connectivity index (χ1n) is 9.46. The van der Waals surface area contributed by atoms with Gasteiger partial charge in [0.25, 0.3) is 15.9 Å². The van der Waals surface area contributed by atoms with Gasteiger partial charge in [0.15, 0.2) is 0 Å². The number of hydrogen-bond acceptors (Lipinski definition) is 5. The lowest BCUT2D eigenvalue weighted by Crippen LogP contribution is -2.24. The van der Waals surface area contributed by atoms with Gasteiger partial charge in [-0.1, -0.05) is 35.9 Å². The van der Waals surface area contributed by atoms with E-state index < -0.39 is 15.9 Å². The van der Waals surface area contributed by atoms with Gasteiger partial charge >= 0.3 is 0 Å². The Morgan fingerprint density at radius 3 is 2.55 bits per heavy atom. The third-order valence-corrected chi connectivity index (χ3v) is 7.00. The average molecular weight is 453 g/mol. The number of thiophene rings is 1. The first kappa shape index (κ1) is 20.8. The minimum absolute atomic E-state index is 0.0458. The van der Waals surface area contributed by atoms with Gasteiger partial charge in [0.2, 0.25) is 0 Å². The molecule has 0 saturated carbocycles. The molecule has 158 valence electrons. The van der Waals surface area contributed by atoms with Crippen LogP contribution in [-0.4, -0.2) is 24.1 Å². The lowest BCUT2D eigenvalue weighted by Gasteiger charge is -2.09. The van der Waals surface area contributed by atoms with Crippen molar-refractivity contribution in [3.63, 3.8) is 0 Å². The van der Waals surface area contributed by atoms with Gasteiger partial charge in [-0.2, -0.15) is 5.10 Å². The maximum atomic E-state index is 12.8. The molecule has 0 radical (unpaired) electrons. The molecule has 0 aliphatic heterocycles. The number of sulfonamides is 1. The van der Waals surface area contributed by atoms with Crippen molar-refractivity contribution in [2.45, 2.75) is 18.4 Å². The van der Waals surface area contributed by atoms with Crippen LogP contribution >= 0.6 is 11.3 Å². The van der Waals surface area contributed by atoms with Gasteiger partial charge in [-0.15, -0.1) is 11.3 Å². The Balaban J connectivity index is 1.45. The van der Waals surface area contributed by atoms with Gasteiger partial charge < -0.3 is 5.32 Å². The zero-order valence-corrected chi connectivity index (χ0v) is 18.3. The molecule has 0 aliphatic rings. The standard InChI is InChI=1S/C22H20N4O3S2/c1-16-7-9-18(10-8-16)25-31(28,29)20-11-12-30-21(20)22(27)23-13-17-14-24-26(15-17)19-5-3-2-4-6-19/h2-12,14-15,25H,13H2,1H3,(H,23,27). The highest BCUT2D eigenvalue weighted by Crippen LogP contribution is 2.24. The lowest BCUT2D eigenvalue weighted by atomic mass is 10.2. The highest BCUT2D eigenvalue weighted by atomic mass is 32.2. The van der Waals surface area contributed by atoms with Gasteiger partial charge in [0, 0.05) is 24.0 Å². The van der Waals surface area contributed by atoms with Crippen LogP contribution in [0.3, 0.4) is 0 Å². The third-order valence-electron chi connectivity index (χ3n) is 4.54. The number of amides is 1. The zero-order valence-electron chi connectivity index (χ0n) is 16.6. The number of aromatic nitrogens is 2. The Kier molecular flexibility index (Phi) is 5.88. The van der Waals surface area contributed by atoms with Crippen LogP contribution in [0.4, 0.5) is 5.69 Å². The van der Waals surface area contributed by atoms with Crippen molar-refractivity contribution in [1.29, 1.82) is 0 Å². The molecule has 0 unspecified atom stereocenters. The maximum Gasteiger partial charge on any atom is 0.263 e. The number of anilines is 1. The van der Waals surface area contributed by atoms with Crippen molar-refractivity contribution in [3.8, 4) is 5.69 Å². The number of nitrogens with one attached hydrogen (secondary N) is 2. The molecule has 0 atom stereocenters. The van der Waals surface area contributed by atoms with Crippen LogP contribution < -0.4 is 10.0 Å². The van der Waals surface area contributed by atoms with E-state index in [9.17, 15) is 13.2 Å². The molecule has 4 aromatic rings. The fraction of sp³-hybridized carbons (Fsp3) is 0.0909.